The van der Waals surface area contributed by atoms with Gasteiger partial charge in [0.1, 0.15) is 11.6 Å². The van der Waals surface area contributed by atoms with E-state index in [2.05, 4.69) is 12.2 Å². The number of hydrogen-bond donors (Lipinski definition) is 1. The molecular formula is C11H16FNO. The second-order valence-electron chi connectivity index (χ2n) is 3.10. The van der Waals surface area contributed by atoms with Crippen LogP contribution in [0.5, 0.6) is 5.75 Å². The fourth-order valence-electron chi connectivity index (χ4n) is 1.29. The van der Waals surface area contributed by atoms with Gasteiger partial charge in [0.05, 0.1) is 7.11 Å². The van der Waals surface area contributed by atoms with E-state index in [1.165, 1.54) is 6.07 Å². The molecule has 0 aliphatic carbocycles. The minimum atomic E-state index is -0.215. The summed E-state index contributed by atoms with van der Waals surface area (Å²) in [4.78, 5) is 0. The van der Waals surface area contributed by atoms with E-state index < -0.39 is 0 Å². The number of benzene rings is 1. The van der Waals surface area contributed by atoms with Gasteiger partial charge in [0.15, 0.2) is 0 Å². The van der Waals surface area contributed by atoms with Gasteiger partial charge in [-0.15, -0.1) is 0 Å². The topological polar surface area (TPSA) is 21.3 Å². The number of hydrogen-bond acceptors (Lipinski definition) is 2. The third-order valence-corrected chi connectivity index (χ3v) is 2.02. The molecule has 1 rings (SSSR count). The molecule has 0 spiro atoms. The second kappa shape index (κ2) is 5.60. The van der Waals surface area contributed by atoms with Crippen molar-refractivity contribution in [1.29, 1.82) is 0 Å². The summed E-state index contributed by atoms with van der Waals surface area (Å²) < 4.78 is 18.4. The number of nitrogens with one attached hydrogen (secondary N) is 1. The van der Waals surface area contributed by atoms with E-state index >= 15 is 0 Å². The van der Waals surface area contributed by atoms with Crippen molar-refractivity contribution in [3.05, 3.63) is 29.6 Å². The quantitative estimate of drug-likeness (QED) is 0.731. The third-order valence-electron chi connectivity index (χ3n) is 2.02. The Kier molecular flexibility index (Phi) is 4.40. The summed E-state index contributed by atoms with van der Waals surface area (Å²) in [5.74, 6) is 0.390. The zero-order chi connectivity index (χ0) is 10.4. The van der Waals surface area contributed by atoms with E-state index in [1.54, 1.807) is 19.2 Å². The number of ether oxygens (including phenoxy) is 1. The monoisotopic (exact) mass is 197 g/mol. The van der Waals surface area contributed by atoms with Crippen LogP contribution in [-0.4, -0.2) is 13.7 Å². The molecule has 0 fully saturated rings. The van der Waals surface area contributed by atoms with Crippen molar-refractivity contribution >= 4 is 0 Å². The van der Waals surface area contributed by atoms with Crippen LogP contribution in [0.15, 0.2) is 18.2 Å². The van der Waals surface area contributed by atoms with Crippen LogP contribution < -0.4 is 10.1 Å². The normalized spacial score (nSPS) is 10.2. The van der Waals surface area contributed by atoms with Crippen molar-refractivity contribution in [3.63, 3.8) is 0 Å². The van der Waals surface area contributed by atoms with Gasteiger partial charge in [-0.3, -0.25) is 0 Å². The average Bonchev–Trinajstić information content (AvgIpc) is 2.20. The van der Waals surface area contributed by atoms with Crippen LogP contribution in [0, 0.1) is 5.82 Å². The van der Waals surface area contributed by atoms with Gasteiger partial charge in [0.2, 0.25) is 0 Å². The van der Waals surface area contributed by atoms with Crippen molar-refractivity contribution in [2.75, 3.05) is 13.7 Å². The average molecular weight is 197 g/mol. The van der Waals surface area contributed by atoms with Crippen LogP contribution in [0.25, 0.3) is 0 Å². The molecule has 3 heteroatoms. The van der Waals surface area contributed by atoms with Crippen molar-refractivity contribution < 1.29 is 9.13 Å². The Labute approximate surface area is 84.1 Å². The summed E-state index contributed by atoms with van der Waals surface area (Å²) in [7, 11) is 1.55. The van der Waals surface area contributed by atoms with E-state index in [0.29, 0.717) is 17.9 Å². The summed E-state index contributed by atoms with van der Waals surface area (Å²) >= 11 is 0. The van der Waals surface area contributed by atoms with Gasteiger partial charge in [0.25, 0.3) is 0 Å². The molecule has 0 saturated heterocycles. The lowest BCUT2D eigenvalue weighted by Gasteiger charge is -2.09. The van der Waals surface area contributed by atoms with Crippen molar-refractivity contribution in [2.24, 2.45) is 0 Å². The number of methoxy groups -OCH3 is 1. The van der Waals surface area contributed by atoms with Crippen LogP contribution in [0.4, 0.5) is 4.39 Å². The Bertz CT molecular complexity index is 289. The molecule has 0 saturated carbocycles. The lowest BCUT2D eigenvalue weighted by Crippen LogP contribution is -2.15. The third kappa shape index (κ3) is 2.70. The van der Waals surface area contributed by atoms with E-state index in [9.17, 15) is 4.39 Å². The Morgan fingerprint density at radius 1 is 1.43 bits per heavy atom. The molecule has 0 aromatic heterocycles. The molecule has 14 heavy (non-hydrogen) atoms. The van der Waals surface area contributed by atoms with E-state index in [4.69, 9.17) is 4.74 Å². The lowest BCUT2D eigenvalue weighted by molar-refractivity contribution is 0.402. The van der Waals surface area contributed by atoms with Gasteiger partial charge in [0, 0.05) is 12.1 Å². The SMILES string of the molecule is CCCNCc1c(F)cccc1OC. The minimum Gasteiger partial charge on any atom is -0.496 e. The van der Waals surface area contributed by atoms with Crippen molar-refractivity contribution in [2.45, 2.75) is 19.9 Å². The molecule has 2 nitrogen and oxygen atoms in total. The molecule has 1 aromatic carbocycles. The molecule has 0 heterocycles. The molecule has 1 aromatic rings. The zero-order valence-electron chi connectivity index (χ0n) is 8.64. The largest absolute Gasteiger partial charge is 0.496 e. The highest BCUT2D eigenvalue weighted by Crippen LogP contribution is 2.20. The molecule has 0 bridgehead atoms. The second-order valence-corrected chi connectivity index (χ2v) is 3.10. The number of rotatable bonds is 5. The van der Waals surface area contributed by atoms with Crippen molar-refractivity contribution in [3.8, 4) is 5.75 Å². The molecular weight excluding hydrogens is 181 g/mol. The van der Waals surface area contributed by atoms with Gasteiger partial charge >= 0.3 is 0 Å². The summed E-state index contributed by atoms with van der Waals surface area (Å²) in [5.41, 5.74) is 0.600. The van der Waals surface area contributed by atoms with Crippen LogP contribution in [0.3, 0.4) is 0 Å². The van der Waals surface area contributed by atoms with E-state index in [1.807, 2.05) is 0 Å². The molecule has 0 atom stereocenters. The van der Waals surface area contributed by atoms with E-state index in [0.717, 1.165) is 13.0 Å². The van der Waals surface area contributed by atoms with Gasteiger partial charge in [-0.05, 0) is 25.1 Å². The predicted molar refractivity (Wildman–Crippen MR) is 54.9 cm³/mol. The highest BCUT2D eigenvalue weighted by molar-refractivity contribution is 5.34. The van der Waals surface area contributed by atoms with Crippen LogP contribution in [0.2, 0.25) is 0 Å². The standard InChI is InChI=1S/C11H16FNO/c1-3-7-13-8-9-10(12)5-4-6-11(9)14-2/h4-6,13H,3,7-8H2,1-2H3. The molecule has 0 aliphatic heterocycles. The Hall–Kier alpha value is -1.09. The Morgan fingerprint density at radius 2 is 2.21 bits per heavy atom. The Morgan fingerprint density at radius 3 is 2.86 bits per heavy atom. The van der Waals surface area contributed by atoms with Crippen LogP contribution >= 0.6 is 0 Å². The fourth-order valence-corrected chi connectivity index (χ4v) is 1.29. The van der Waals surface area contributed by atoms with E-state index in [-0.39, 0.29) is 5.82 Å². The maximum absolute atomic E-state index is 13.3. The predicted octanol–water partition coefficient (Wildman–Crippen LogP) is 2.33. The first-order chi connectivity index (χ1) is 6.79. The molecule has 0 unspecified atom stereocenters. The van der Waals surface area contributed by atoms with Crippen LogP contribution in [0.1, 0.15) is 18.9 Å². The first kappa shape index (κ1) is 11.0. The van der Waals surface area contributed by atoms with Gasteiger partial charge < -0.3 is 10.1 Å². The van der Waals surface area contributed by atoms with Gasteiger partial charge in [-0.1, -0.05) is 13.0 Å². The first-order valence-electron chi connectivity index (χ1n) is 4.81. The maximum atomic E-state index is 13.3. The maximum Gasteiger partial charge on any atom is 0.131 e. The molecule has 0 radical (unpaired) electrons. The first-order valence-corrected chi connectivity index (χ1v) is 4.81. The van der Waals surface area contributed by atoms with Crippen molar-refractivity contribution in [1.82, 2.24) is 5.32 Å². The zero-order valence-corrected chi connectivity index (χ0v) is 8.64. The summed E-state index contributed by atoms with van der Waals surface area (Å²) in [6.07, 6.45) is 1.04. The molecule has 0 aliphatic rings. The fraction of sp³-hybridized carbons (Fsp3) is 0.455. The van der Waals surface area contributed by atoms with Crippen LogP contribution in [-0.2, 0) is 6.54 Å². The molecule has 1 N–H and O–H groups in total. The Balaban J connectivity index is 2.72. The highest BCUT2D eigenvalue weighted by Gasteiger charge is 2.07. The smallest absolute Gasteiger partial charge is 0.131 e. The molecule has 0 amide bonds. The van der Waals surface area contributed by atoms with Gasteiger partial charge in [-0.25, -0.2) is 4.39 Å². The molecule has 78 valence electrons. The minimum absolute atomic E-state index is 0.215. The lowest BCUT2D eigenvalue weighted by atomic mass is 10.2. The summed E-state index contributed by atoms with van der Waals surface area (Å²) in [5, 5.41) is 3.15. The summed E-state index contributed by atoms with van der Waals surface area (Å²) in [6.45, 7) is 3.48. The summed E-state index contributed by atoms with van der Waals surface area (Å²) in [6, 6.07) is 4.87. The number of halogens is 1. The van der Waals surface area contributed by atoms with Gasteiger partial charge in [-0.2, -0.15) is 0 Å². The highest BCUT2D eigenvalue weighted by atomic mass is 19.1.